The molecule has 6 aromatic rings. The number of carboxylic acid groups (broad SMARTS) is 1. The van der Waals surface area contributed by atoms with Crippen LogP contribution in [-0.4, -0.2) is 321 Å². The van der Waals surface area contributed by atoms with Crippen molar-refractivity contribution in [3.8, 4) is 0 Å². The number of para-hydroxylation sites is 3. The fourth-order valence-corrected chi connectivity index (χ4v) is 17.3. The summed E-state index contributed by atoms with van der Waals surface area (Å²) in [4.78, 5) is 298. The normalized spacial score (nSPS) is 16.4. The second kappa shape index (κ2) is 54.0. The van der Waals surface area contributed by atoms with E-state index in [4.69, 9.17) is 5.73 Å². The quantitative estimate of drug-likeness (QED) is 0.0178. The standard InChI is InChI=1S/C93H122N16O28S/c1-49(115)84(50(2)116)107-88(132)54(32-56-39-96-65-17-9-6-14-62(56)65)37-79(123)71(46-113)105-86(130)52(21-28-83(127)128)36-78(122)68(35-57-40-97-66-18-10-7-15-63(57)66)104-90(134)74-19-12-30-109(74)93(137)73(48-138-4)106-91(135)75-20-11-29-108(75)92(136)67(22-25-80(94)124)103-87(131)53(31-55-38-95-64-16-8-5-13-61(55)64)33-59(118)41-98-85(129)58(43-110)34-60(119)42-99-89(133)72(47-114)102-82(126)27-24-77(121)70(45-112)101-81(125)26-23-76(120)69(44-111)100-51(3)117/h5-10,13-18,38-40,49,52-54,58,67-75,84,95-97,110-115H,11-12,19-37,41-48H2,1-4H3,(H2,94,124)(H,98,129)(H,99,133)(H,100,117)(H,101,125)(H,102,126)(H,103,131)(H,104,134)(H,105,130)(H,106,135)(H,107,132)(H,127,128)/t49-,52-,53-,54-,58+,67+,68+,69+,70+,71+,72+,73+,74+,75+,84+/m1/s1. The molecule has 13 amide bonds. The molecule has 8 rings (SSSR count). The molecule has 0 saturated carbocycles. The molecule has 0 radical (unpaired) electrons. The van der Waals surface area contributed by atoms with Crippen LogP contribution in [-0.2, 0) is 120 Å². The fourth-order valence-electron chi connectivity index (χ4n) is 16.7. The third-order valence-electron chi connectivity index (χ3n) is 24.2. The highest BCUT2D eigenvalue weighted by Crippen LogP contribution is 2.30. The third-order valence-corrected chi connectivity index (χ3v) is 24.8. The minimum atomic E-state index is -1.73. The average Bonchev–Trinajstić information content (AvgIpc) is 1.66. The first-order valence-corrected chi connectivity index (χ1v) is 46.8. The number of hydrogen-bond acceptors (Lipinski definition) is 28. The number of benzene rings is 3. The minimum absolute atomic E-state index is 0.0258. The highest BCUT2D eigenvalue weighted by atomic mass is 32.2. The molecule has 2 saturated heterocycles. The molecule has 0 bridgehead atoms. The molecule has 748 valence electrons. The monoisotopic (exact) mass is 1940 g/mol. The lowest BCUT2D eigenvalue weighted by Crippen LogP contribution is -2.59. The molecule has 15 atom stereocenters. The molecule has 2 aliphatic rings. The fraction of sp³-hybridized carbons (Fsp3) is 0.516. The number of aliphatic hydroxyl groups is 6. The molecule has 0 aliphatic carbocycles. The number of aromatic amines is 3. The average molecular weight is 1940 g/mol. The van der Waals surface area contributed by atoms with Gasteiger partial charge in [-0.05, 0) is 106 Å². The van der Waals surface area contributed by atoms with Gasteiger partial charge >= 0.3 is 5.97 Å². The van der Waals surface area contributed by atoms with Gasteiger partial charge in [0.1, 0.15) is 54.4 Å². The number of carboxylic acids is 1. The number of hydrogen-bond donors (Lipinski definition) is 21. The molecule has 2 fully saturated rings. The molecule has 2 aliphatic heterocycles. The SMILES string of the molecule is CSC[C@H](NC(=O)[C@@H]1CCCN1C(=O)[C@H](CCC(N)=O)NC(=O)[C@@H](CC(=O)CNC(=O)[C@H](CO)CC(=O)CNC(=O)[C@H](CO)NC(=O)CCC(=O)[C@H](CO)NC(=O)CCC(=O)[C@H](CO)NC(C)=O)Cc1c[nH]c2ccccc12)C(=O)N1CCC[C@H]1C(=O)N[C@@H](Cc1c[nH]c2ccccc12)C(=O)C[C@@H](CCC(=O)O)C(=O)N[C@@H](CO)C(=O)C[C@@H](Cc1c[nH]c2ccccc12)C(=O)N[C@H](C(C)=O)[C@@H](C)O. The lowest BCUT2D eigenvalue weighted by atomic mass is 9.89. The Kier molecular flexibility index (Phi) is 43.0. The molecule has 3 aromatic carbocycles. The van der Waals surface area contributed by atoms with Crippen molar-refractivity contribution >= 4 is 168 Å². The van der Waals surface area contributed by atoms with Gasteiger partial charge in [-0.1, -0.05) is 54.6 Å². The van der Waals surface area contributed by atoms with Crippen molar-refractivity contribution in [1.82, 2.24) is 77.9 Å². The number of fused-ring (bicyclic) bond motifs is 3. The summed E-state index contributed by atoms with van der Waals surface area (Å²) < 4.78 is 0. The number of aliphatic carboxylic acids is 1. The van der Waals surface area contributed by atoms with Gasteiger partial charge in [-0.15, -0.1) is 0 Å². The first kappa shape index (κ1) is 110. The Bertz CT molecular complexity index is 5420. The number of H-pyrrole nitrogens is 3. The number of carbonyl (C=O) groups is 21. The molecule has 45 heteroatoms. The molecule has 0 unspecified atom stereocenters. The van der Waals surface area contributed by atoms with Gasteiger partial charge in [0.05, 0.1) is 64.2 Å². The predicted octanol–water partition coefficient (Wildman–Crippen LogP) is -3.30. The summed E-state index contributed by atoms with van der Waals surface area (Å²) in [7, 11) is 0. The van der Waals surface area contributed by atoms with Crippen molar-refractivity contribution in [2.24, 2.45) is 29.4 Å². The second-order valence-electron chi connectivity index (χ2n) is 34.4. The Morgan fingerprint density at radius 1 is 0.428 bits per heavy atom. The number of amides is 13. The van der Waals surface area contributed by atoms with Crippen molar-refractivity contribution in [2.45, 2.75) is 209 Å². The number of ketones is 7. The van der Waals surface area contributed by atoms with Crippen LogP contribution in [0.5, 0.6) is 0 Å². The number of likely N-dealkylation sites (tertiary alicyclic amines) is 2. The van der Waals surface area contributed by atoms with Gasteiger partial charge in [0.15, 0.2) is 40.5 Å². The first-order valence-electron chi connectivity index (χ1n) is 45.4. The Labute approximate surface area is 796 Å². The zero-order valence-corrected chi connectivity index (χ0v) is 77.7. The molecule has 44 nitrogen and oxygen atoms in total. The maximum absolute atomic E-state index is 15.1. The van der Waals surface area contributed by atoms with E-state index >= 15 is 19.2 Å². The van der Waals surface area contributed by atoms with Crippen molar-refractivity contribution in [2.75, 3.05) is 71.2 Å². The summed E-state index contributed by atoms with van der Waals surface area (Å²) in [6.07, 6.45) is -1.78. The number of nitrogens with zero attached hydrogens (tertiary/aromatic N) is 2. The summed E-state index contributed by atoms with van der Waals surface area (Å²) in [5.41, 5.74) is 9.26. The highest BCUT2D eigenvalue weighted by molar-refractivity contribution is 7.98. The van der Waals surface area contributed by atoms with E-state index in [1.807, 2.05) is 0 Å². The van der Waals surface area contributed by atoms with E-state index in [1.165, 1.54) is 16.7 Å². The number of aromatic nitrogens is 3. The molecule has 138 heavy (non-hydrogen) atoms. The summed E-state index contributed by atoms with van der Waals surface area (Å²) in [6, 6.07) is 6.43. The van der Waals surface area contributed by atoms with E-state index in [1.54, 1.807) is 97.6 Å². The van der Waals surface area contributed by atoms with Gasteiger partial charge in [-0.3, -0.25) is 101 Å². The van der Waals surface area contributed by atoms with E-state index < -0.39 is 337 Å². The molecule has 3 aromatic heterocycles. The van der Waals surface area contributed by atoms with Crippen LogP contribution in [0.15, 0.2) is 91.4 Å². The number of nitrogens with two attached hydrogens (primary N) is 1. The van der Waals surface area contributed by atoms with Crippen LogP contribution in [0.3, 0.4) is 0 Å². The Balaban J connectivity index is 0.900. The largest absolute Gasteiger partial charge is 0.481 e. The number of rotatable bonds is 60. The van der Waals surface area contributed by atoms with Gasteiger partial charge in [-0.2, -0.15) is 11.8 Å². The first-order chi connectivity index (χ1) is 65.8. The third kappa shape index (κ3) is 32.1. The highest BCUT2D eigenvalue weighted by Gasteiger charge is 2.45. The topological polar surface area (TPSA) is 700 Å². The number of nitrogens with one attached hydrogen (secondary N) is 13. The van der Waals surface area contributed by atoms with Crippen LogP contribution >= 0.6 is 11.8 Å². The zero-order chi connectivity index (χ0) is 101. The molecule has 22 N–H and O–H groups in total. The number of aliphatic hydroxyl groups excluding tert-OH is 6. The van der Waals surface area contributed by atoms with Crippen LogP contribution in [0.2, 0.25) is 0 Å². The maximum atomic E-state index is 15.1. The van der Waals surface area contributed by atoms with Gasteiger partial charge in [0, 0.05) is 165 Å². The van der Waals surface area contributed by atoms with E-state index in [2.05, 4.69) is 68.1 Å². The van der Waals surface area contributed by atoms with Gasteiger partial charge in [0.2, 0.25) is 76.8 Å². The molecular formula is C93H122N16O28S. The van der Waals surface area contributed by atoms with Crippen LogP contribution in [0.4, 0.5) is 0 Å². The second-order valence-corrected chi connectivity index (χ2v) is 35.3. The van der Waals surface area contributed by atoms with Crippen molar-refractivity contribution in [3.63, 3.8) is 0 Å². The Hall–Kier alpha value is -13.3. The number of carbonyl (C=O) groups excluding carboxylic acids is 20. The van der Waals surface area contributed by atoms with Crippen molar-refractivity contribution in [3.05, 3.63) is 108 Å². The lowest BCUT2D eigenvalue weighted by Gasteiger charge is -2.32. The van der Waals surface area contributed by atoms with Crippen LogP contribution < -0.4 is 58.9 Å². The van der Waals surface area contributed by atoms with Crippen LogP contribution in [0.1, 0.15) is 140 Å². The molecular weight excluding hydrogens is 1820 g/mol. The van der Waals surface area contributed by atoms with Crippen molar-refractivity contribution < 1.29 is 136 Å². The zero-order valence-electron chi connectivity index (χ0n) is 76.9. The summed E-state index contributed by atoms with van der Waals surface area (Å²) in [6.45, 7) is -2.79. The predicted molar refractivity (Wildman–Crippen MR) is 495 cm³/mol. The van der Waals surface area contributed by atoms with E-state index in [9.17, 15) is 117 Å². The summed E-state index contributed by atoms with van der Waals surface area (Å²) >= 11 is 1.15. The van der Waals surface area contributed by atoms with Crippen molar-refractivity contribution in [1.29, 1.82) is 0 Å². The summed E-state index contributed by atoms with van der Waals surface area (Å²) in [5.74, 6) is -23.9. The van der Waals surface area contributed by atoms with E-state index in [-0.39, 0.29) is 63.8 Å². The van der Waals surface area contributed by atoms with Gasteiger partial charge < -0.3 is 119 Å². The van der Waals surface area contributed by atoms with Gasteiger partial charge in [-0.25, -0.2) is 0 Å². The lowest BCUT2D eigenvalue weighted by molar-refractivity contribution is -0.144. The Morgan fingerprint density at radius 2 is 0.841 bits per heavy atom. The molecule has 0 spiro atoms. The van der Waals surface area contributed by atoms with Crippen LogP contribution in [0, 0.1) is 23.7 Å². The van der Waals surface area contributed by atoms with E-state index in [0.29, 0.717) is 49.4 Å². The maximum Gasteiger partial charge on any atom is 0.303 e. The number of thioether (sulfide) groups is 1. The van der Waals surface area contributed by atoms with Gasteiger partial charge in [0.25, 0.3) is 0 Å². The Morgan fingerprint density at radius 3 is 1.30 bits per heavy atom. The van der Waals surface area contributed by atoms with E-state index in [0.717, 1.165) is 25.6 Å². The smallest absolute Gasteiger partial charge is 0.303 e. The van der Waals surface area contributed by atoms with Crippen LogP contribution in [0.25, 0.3) is 32.7 Å². The molecule has 5 heterocycles. The summed E-state index contributed by atoms with van der Waals surface area (Å²) in [5, 5.41) is 96.9. The minimum Gasteiger partial charge on any atom is -0.481 e. The number of Topliss-reactive ketones (excluding diaryl/α,β-unsaturated/α-hetero) is 7. The number of primary amides is 1.